The van der Waals surface area contributed by atoms with Gasteiger partial charge in [-0.3, -0.25) is 13.9 Å². The van der Waals surface area contributed by atoms with Crippen LogP contribution < -0.4 is 24.4 Å². The monoisotopic (exact) mass is 449 g/mol. The van der Waals surface area contributed by atoms with Crippen molar-refractivity contribution in [1.82, 2.24) is 5.32 Å². The van der Waals surface area contributed by atoms with Gasteiger partial charge in [0, 0.05) is 12.1 Å². The number of para-hydroxylation sites is 1. The van der Waals surface area contributed by atoms with E-state index < -0.39 is 22.5 Å². The molecule has 0 atom stereocenters. The molecule has 2 aromatic rings. The van der Waals surface area contributed by atoms with Gasteiger partial charge in [-0.2, -0.15) is 0 Å². The van der Waals surface area contributed by atoms with E-state index in [1.165, 1.54) is 26.4 Å². The fourth-order valence-corrected chi connectivity index (χ4v) is 3.68. The molecule has 0 aromatic heterocycles. The zero-order valence-electron chi connectivity index (χ0n) is 18.1. The second-order valence-electron chi connectivity index (χ2n) is 7.03. The van der Waals surface area contributed by atoms with Crippen molar-refractivity contribution in [3.8, 4) is 11.5 Å². The first-order valence-electron chi connectivity index (χ1n) is 9.46. The van der Waals surface area contributed by atoms with Gasteiger partial charge >= 0.3 is 0 Å². The van der Waals surface area contributed by atoms with Crippen molar-refractivity contribution in [2.75, 3.05) is 36.6 Å². The first-order chi connectivity index (χ1) is 14.6. The van der Waals surface area contributed by atoms with Crippen molar-refractivity contribution >= 4 is 33.2 Å². The first-order valence-corrected chi connectivity index (χ1v) is 11.3. The largest absolute Gasteiger partial charge is 0.497 e. The molecule has 2 amide bonds. The summed E-state index contributed by atoms with van der Waals surface area (Å²) in [6, 6.07) is 11.0. The Hall–Kier alpha value is -3.27. The number of methoxy groups -OCH3 is 2. The van der Waals surface area contributed by atoms with Crippen LogP contribution in [0.5, 0.6) is 11.5 Å². The number of hydrogen-bond acceptors (Lipinski definition) is 6. The molecule has 0 aliphatic heterocycles. The lowest BCUT2D eigenvalue weighted by Gasteiger charge is -2.24. The molecule has 2 rings (SSSR count). The third-order valence-corrected chi connectivity index (χ3v) is 5.34. The Morgan fingerprint density at radius 1 is 1.06 bits per heavy atom. The molecular weight excluding hydrogens is 422 g/mol. The van der Waals surface area contributed by atoms with Gasteiger partial charge < -0.3 is 20.1 Å². The number of amides is 2. The predicted octanol–water partition coefficient (Wildman–Crippen LogP) is 2.25. The highest BCUT2D eigenvalue weighted by Gasteiger charge is 2.25. The summed E-state index contributed by atoms with van der Waals surface area (Å²) in [6.07, 6.45) is 0.994. The fraction of sp³-hybridized carbons (Fsp3) is 0.333. The maximum absolute atomic E-state index is 12.7. The summed E-state index contributed by atoms with van der Waals surface area (Å²) in [5, 5.41) is 5.39. The number of ether oxygens (including phenoxy) is 2. The second kappa shape index (κ2) is 10.2. The van der Waals surface area contributed by atoms with E-state index in [-0.39, 0.29) is 34.6 Å². The number of benzene rings is 2. The lowest BCUT2D eigenvalue weighted by molar-refractivity contribution is -0.114. The third kappa shape index (κ3) is 6.35. The van der Waals surface area contributed by atoms with Crippen molar-refractivity contribution in [3.05, 3.63) is 48.0 Å². The van der Waals surface area contributed by atoms with Crippen molar-refractivity contribution in [2.24, 2.45) is 0 Å². The summed E-state index contributed by atoms with van der Waals surface area (Å²) in [4.78, 5) is 25.2. The number of nitrogens with one attached hydrogen (secondary N) is 2. The Labute approximate surface area is 182 Å². The minimum Gasteiger partial charge on any atom is -0.497 e. The molecule has 0 saturated heterocycles. The van der Waals surface area contributed by atoms with Crippen LogP contribution in [0.1, 0.15) is 24.2 Å². The third-order valence-electron chi connectivity index (χ3n) is 4.21. The molecule has 168 valence electrons. The van der Waals surface area contributed by atoms with Gasteiger partial charge in [-0.25, -0.2) is 8.42 Å². The van der Waals surface area contributed by atoms with Crippen molar-refractivity contribution < 1.29 is 27.5 Å². The maximum Gasteiger partial charge on any atom is 0.253 e. The number of anilines is 2. The number of nitrogens with zero attached hydrogens (tertiary/aromatic N) is 1. The van der Waals surface area contributed by atoms with Gasteiger partial charge in [-0.15, -0.1) is 0 Å². The van der Waals surface area contributed by atoms with Gasteiger partial charge in [0.25, 0.3) is 5.91 Å². The topological polar surface area (TPSA) is 114 Å². The molecule has 9 nitrogen and oxygen atoms in total. The Morgan fingerprint density at radius 3 is 2.32 bits per heavy atom. The van der Waals surface area contributed by atoms with Gasteiger partial charge in [0.1, 0.15) is 18.0 Å². The molecule has 0 unspecified atom stereocenters. The number of rotatable bonds is 9. The highest BCUT2D eigenvalue weighted by atomic mass is 32.2. The first kappa shape index (κ1) is 24.0. The molecule has 31 heavy (non-hydrogen) atoms. The van der Waals surface area contributed by atoms with Crippen LogP contribution in [0.15, 0.2) is 42.5 Å². The van der Waals surface area contributed by atoms with Gasteiger partial charge in [0.2, 0.25) is 15.9 Å². The van der Waals surface area contributed by atoms with Crippen LogP contribution in [0.4, 0.5) is 11.4 Å². The van der Waals surface area contributed by atoms with E-state index >= 15 is 0 Å². The molecular formula is C21H27N3O6S. The predicted molar refractivity (Wildman–Crippen MR) is 119 cm³/mol. The smallest absolute Gasteiger partial charge is 0.253 e. The summed E-state index contributed by atoms with van der Waals surface area (Å²) in [5.74, 6) is -0.256. The average Bonchev–Trinajstić information content (AvgIpc) is 2.70. The molecule has 10 heteroatoms. The molecule has 0 spiro atoms. The lowest BCUT2D eigenvalue weighted by Crippen LogP contribution is -2.38. The van der Waals surface area contributed by atoms with Gasteiger partial charge in [-0.1, -0.05) is 12.1 Å². The van der Waals surface area contributed by atoms with E-state index in [2.05, 4.69) is 10.6 Å². The summed E-state index contributed by atoms with van der Waals surface area (Å²) < 4.78 is 36.2. The molecule has 0 bridgehead atoms. The van der Waals surface area contributed by atoms with Gasteiger partial charge in [0.15, 0.2) is 0 Å². The van der Waals surface area contributed by atoms with E-state index in [1.54, 1.807) is 30.3 Å². The summed E-state index contributed by atoms with van der Waals surface area (Å²) in [6.45, 7) is 3.14. The van der Waals surface area contributed by atoms with Crippen LogP contribution >= 0.6 is 0 Å². The Balaban J connectivity index is 2.32. The van der Waals surface area contributed by atoms with Crippen LogP contribution in [0, 0.1) is 0 Å². The highest BCUT2D eigenvalue weighted by molar-refractivity contribution is 7.92. The standard InChI is InChI=1S/C21H27N3O6S/c1-14(2)22-21(26)16-8-6-7-9-17(16)23-20(25)13-24(31(5,27)28)18-11-10-15(29-3)12-19(18)30-4/h6-12,14H,13H2,1-5H3,(H,22,26)(H,23,25). The normalized spacial score (nSPS) is 11.0. The van der Waals surface area contributed by atoms with E-state index in [4.69, 9.17) is 9.47 Å². The molecule has 0 radical (unpaired) electrons. The van der Waals surface area contributed by atoms with E-state index in [0.717, 1.165) is 10.6 Å². The molecule has 2 aromatic carbocycles. The SMILES string of the molecule is COc1ccc(N(CC(=O)Nc2ccccc2C(=O)NC(C)C)S(C)(=O)=O)c(OC)c1. The number of carbonyl (C=O) groups excluding carboxylic acids is 2. The number of sulfonamides is 1. The zero-order chi connectivity index (χ0) is 23.2. The second-order valence-corrected chi connectivity index (χ2v) is 8.94. The average molecular weight is 450 g/mol. The summed E-state index contributed by atoms with van der Waals surface area (Å²) in [7, 11) is -0.961. The summed E-state index contributed by atoms with van der Waals surface area (Å²) in [5.41, 5.74) is 0.741. The zero-order valence-corrected chi connectivity index (χ0v) is 18.9. The van der Waals surface area contributed by atoms with Crippen LogP contribution in [0.2, 0.25) is 0 Å². The van der Waals surface area contributed by atoms with Crippen molar-refractivity contribution in [1.29, 1.82) is 0 Å². The van der Waals surface area contributed by atoms with Gasteiger partial charge in [0.05, 0.1) is 37.4 Å². The van der Waals surface area contributed by atoms with E-state index in [0.29, 0.717) is 5.75 Å². The Kier molecular flexibility index (Phi) is 7.87. The lowest BCUT2D eigenvalue weighted by atomic mass is 10.1. The minimum absolute atomic E-state index is 0.0838. The van der Waals surface area contributed by atoms with Crippen LogP contribution in [-0.2, 0) is 14.8 Å². The van der Waals surface area contributed by atoms with Crippen LogP contribution in [0.3, 0.4) is 0 Å². The molecule has 0 aliphatic carbocycles. The highest BCUT2D eigenvalue weighted by Crippen LogP contribution is 2.33. The maximum atomic E-state index is 12.7. The Morgan fingerprint density at radius 2 is 1.74 bits per heavy atom. The molecule has 2 N–H and O–H groups in total. The van der Waals surface area contributed by atoms with Crippen LogP contribution in [-0.4, -0.2) is 53.3 Å². The molecule has 0 aliphatic rings. The fourth-order valence-electron chi connectivity index (χ4n) is 2.82. The van der Waals surface area contributed by atoms with Crippen LogP contribution in [0.25, 0.3) is 0 Å². The molecule has 0 heterocycles. The Bertz CT molecular complexity index is 1050. The van der Waals surface area contributed by atoms with E-state index in [1.807, 2.05) is 13.8 Å². The van der Waals surface area contributed by atoms with Crippen molar-refractivity contribution in [3.63, 3.8) is 0 Å². The van der Waals surface area contributed by atoms with Crippen molar-refractivity contribution in [2.45, 2.75) is 19.9 Å². The quantitative estimate of drug-likeness (QED) is 0.607. The van der Waals surface area contributed by atoms with E-state index in [9.17, 15) is 18.0 Å². The molecule has 0 saturated carbocycles. The minimum atomic E-state index is -3.83. The van der Waals surface area contributed by atoms with Gasteiger partial charge in [-0.05, 0) is 38.1 Å². The molecule has 0 fully saturated rings. The number of carbonyl (C=O) groups is 2. The number of hydrogen-bond donors (Lipinski definition) is 2. The summed E-state index contributed by atoms with van der Waals surface area (Å²) >= 11 is 0.